The molecule has 3 rings (SSSR count). The second kappa shape index (κ2) is 12.7. The Kier molecular flexibility index (Phi) is 9.68. The molecule has 0 saturated heterocycles. The van der Waals surface area contributed by atoms with Crippen LogP contribution in [0.4, 0.5) is 23.1 Å². The minimum atomic E-state index is -0.260. The van der Waals surface area contributed by atoms with Gasteiger partial charge < -0.3 is 30.1 Å². The number of methoxy groups -OCH3 is 1. The fourth-order valence-electron chi connectivity index (χ4n) is 4.31. The zero-order chi connectivity index (χ0) is 27.1. The first-order valence-corrected chi connectivity index (χ1v) is 12.9. The number of hydrogen-bond donors (Lipinski definition) is 2. The number of hydrogen-bond acceptors (Lipinski definition) is 8. The second-order valence-electron chi connectivity index (χ2n) is 10.1. The molecule has 0 aliphatic carbocycles. The highest BCUT2D eigenvalue weighted by atomic mass is 16.5. The number of amides is 2. The lowest BCUT2D eigenvalue weighted by Crippen LogP contribution is -2.53. The molecule has 2 N–H and O–H groups in total. The Hall–Kier alpha value is -3.40. The maximum atomic E-state index is 13.0. The van der Waals surface area contributed by atoms with Crippen LogP contribution in [0.2, 0.25) is 0 Å². The lowest BCUT2D eigenvalue weighted by Gasteiger charge is -2.40. The van der Waals surface area contributed by atoms with E-state index >= 15 is 0 Å². The Balaban J connectivity index is 1.82. The van der Waals surface area contributed by atoms with Crippen LogP contribution in [-0.4, -0.2) is 80.6 Å². The monoisotopic (exact) mass is 511 g/mol. The second-order valence-corrected chi connectivity index (χ2v) is 10.1. The summed E-state index contributed by atoms with van der Waals surface area (Å²) < 4.78 is 5.56. The van der Waals surface area contributed by atoms with Crippen molar-refractivity contribution in [2.75, 3.05) is 63.0 Å². The van der Waals surface area contributed by atoms with E-state index in [1.54, 1.807) is 43.5 Å². The lowest BCUT2D eigenvalue weighted by molar-refractivity contribution is -0.120. The van der Waals surface area contributed by atoms with E-state index in [0.29, 0.717) is 47.5 Å². The van der Waals surface area contributed by atoms with Gasteiger partial charge in [-0.15, -0.1) is 0 Å². The van der Waals surface area contributed by atoms with Gasteiger partial charge in [-0.3, -0.25) is 9.59 Å². The van der Waals surface area contributed by atoms with Crippen molar-refractivity contribution in [1.82, 2.24) is 20.2 Å². The molecule has 0 spiro atoms. The third kappa shape index (κ3) is 6.88. The van der Waals surface area contributed by atoms with Crippen molar-refractivity contribution in [2.45, 2.75) is 46.1 Å². The molecule has 0 radical (unpaired) electrons. The van der Waals surface area contributed by atoms with Gasteiger partial charge in [0, 0.05) is 25.7 Å². The Morgan fingerprint density at radius 3 is 2.68 bits per heavy atom. The third-order valence-electron chi connectivity index (χ3n) is 6.49. The smallest absolute Gasteiger partial charge is 0.251 e. The van der Waals surface area contributed by atoms with Crippen molar-refractivity contribution in [3.63, 3.8) is 0 Å². The fourth-order valence-corrected chi connectivity index (χ4v) is 4.31. The fraction of sp³-hybridized carbons (Fsp3) is 0.556. The number of rotatable bonds is 12. The van der Waals surface area contributed by atoms with E-state index in [-0.39, 0.29) is 17.9 Å². The molecule has 0 unspecified atom stereocenters. The van der Waals surface area contributed by atoms with Gasteiger partial charge in [0.05, 0.1) is 19.0 Å². The SMILES string of the molecule is CC[C@@H]1C(=O)N(C)c2cnc(Nc3ccc(C(=O)NCCCN(C)C)cc3OC)nc2N1CCC(C)C. The molecule has 2 amide bonds. The van der Waals surface area contributed by atoms with Crippen molar-refractivity contribution in [1.29, 1.82) is 0 Å². The lowest BCUT2D eigenvalue weighted by atomic mass is 10.0. The van der Waals surface area contributed by atoms with Gasteiger partial charge >= 0.3 is 0 Å². The zero-order valence-electron chi connectivity index (χ0n) is 23.2. The number of nitrogens with zero attached hydrogens (tertiary/aromatic N) is 5. The van der Waals surface area contributed by atoms with Crippen molar-refractivity contribution >= 4 is 35.0 Å². The highest BCUT2D eigenvalue weighted by molar-refractivity contribution is 6.04. The molecule has 1 aliphatic rings. The van der Waals surface area contributed by atoms with Gasteiger partial charge in [0.15, 0.2) is 5.82 Å². The molecule has 1 atom stereocenters. The average Bonchev–Trinajstić information content (AvgIpc) is 2.87. The molecule has 1 aromatic heterocycles. The van der Waals surface area contributed by atoms with Crippen LogP contribution in [-0.2, 0) is 4.79 Å². The topological polar surface area (TPSA) is 103 Å². The molecule has 10 nitrogen and oxygen atoms in total. The molecular formula is C27H41N7O3. The van der Waals surface area contributed by atoms with Crippen LogP contribution in [0.3, 0.4) is 0 Å². The van der Waals surface area contributed by atoms with E-state index in [0.717, 1.165) is 31.7 Å². The van der Waals surface area contributed by atoms with Gasteiger partial charge in [0.2, 0.25) is 11.9 Å². The van der Waals surface area contributed by atoms with Gasteiger partial charge in [0.25, 0.3) is 5.91 Å². The number of fused-ring (bicyclic) bond motifs is 1. The summed E-state index contributed by atoms with van der Waals surface area (Å²) in [5.74, 6) is 2.05. The summed E-state index contributed by atoms with van der Waals surface area (Å²) in [5, 5.41) is 6.18. The predicted molar refractivity (Wildman–Crippen MR) is 148 cm³/mol. The summed E-state index contributed by atoms with van der Waals surface area (Å²) in [7, 11) is 7.35. The quantitative estimate of drug-likeness (QED) is 0.418. The van der Waals surface area contributed by atoms with Crippen LogP contribution in [0, 0.1) is 5.92 Å². The molecule has 0 fully saturated rings. The molecular weight excluding hydrogens is 470 g/mol. The van der Waals surface area contributed by atoms with Gasteiger partial charge in [0.1, 0.15) is 17.5 Å². The van der Waals surface area contributed by atoms with Gasteiger partial charge in [-0.25, -0.2) is 4.98 Å². The van der Waals surface area contributed by atoms with Crippen LogP contribution in [0.5, 0.6) is 5.75 Å². The maximum absolute atomic E-state index is 13.0. The van der Waals surface area contributed by atoms with E-state index < -0.39 is 0 Å². The van der Waals surface area contributed by atoms with Gasteiger partial charge in [-0.1, -0.05) is 20.8 Å². The first-order valence-electron chi connectivity index (χ1n) is 12.9. The van der Waals surface area contributed by atoms with E-state index in [1.165, 1.54) is 0 Å². The van der Waals surface area contributed by atoms with Crippen LogP contribution in [0.25, 0.3) is 0 Å². The number of likely N-dealkylation sites (N-methyl/N-ethyl adjacent to an activating group) is 1. The highest BCUT2D eigenvalue weighted by Gasteiger charge is 2.36. The van der Waals surface area contributed by atoms with E-state index in [9.17, 15) is 9.59 Å². The van der Waals surface area contributed by atoms with Gasteiger partial charge in [-0.2, -0.15) is 4.98 Å². The maximum Gasteiger partial charge on any atom is 0.251 e. The molecule has 202 valence electrons. The van der Waals surface area contributed by atoms with Gasteiger partial charge in [-0.05, 0) is 64.0 Å². The first-order chi connectivity index (χ1) is 17.7. The standard InChI is InChI=1S/C27H41N7O3/c1-8-21-26(36)33(6)22-17-29-27(31-24(22)34(21)15-12-18(2)3)30-20-11-10-19(16-23(20)37-7)25(35)28-13-9-14-32(4)5/h10-11,16-18,21H,8-9,12-15H2,1-7H3,(H,28,35)(H,29,30,31)/t21-/m1/s1. The predicted octanol–water partition coefficient (Wildman–Crippen LogP) is 3.52. The molecule has 2 aromatic rings. The number of benzene rings is 1. The first kappa shape index (κ1) is 28.2. The number of ether oxygens (including phenoxy) is 1. The molecule has 0 bridgehead atoms. The Labute approximate surface area is 220 Å². The number of nitrogens with one attached hydrogen (secondary N) is 2. The molecule has 10 heteroatoms. The third-order valence-corrected chi connectivity index (χ3v) is 6.49. The van der Waals surface area contributed by atoms with Crippen molar-refractivity contribution in [3.05, 3.63) is 30.0 Å². The molecule has 2 heterocycles. The summed E-state index contributed by atoms with van der Waals surface area (Å²) in [5.41, 5.74) is 1.86. The van der Waals surface area contributed by atoms with E-state index in [1.807, 2.05) is 21.0 Å². The number of carbonyl (C=O) groups excluding carboxylic acids is 2. The average molecular weight is 512 g/mol. The summed E-state index contributed by atoms with van der Waals surface area (Å²) in [6.07, 6.45) is 4.20. The van der Waals surface area contributed by atoms with Crippen LogP contribution in [0.1, 0.15) is 50.4 Å². The summed E-state index contributed by atoms with van der Waals surface area (Å²) >= 11 is 0. The Morgan fingerprint density at radius 1 is 1.27 bits per heavy atom. The van der Waals surface area contributed by atoms with E-state index in [2.05, 4.69) is 39.3 Å². The van der Waals surface area contributed by atoms with Crippen molar-refractivity contribution in [3.8, 4) is 5.75 Å². The zero-order valence-corrected chi connectivity index (χ0v) is 23.2. The number of carbonyl (C=O) groups is 2. The highest BCUT2D eigenvalue weighted by Crippen LogP contribution is 2.36. The molecule has 1 aromatic carbocycles. The summed E-state index contributed by atoms with van der Waals surface area (Å²) in [6.45, 7) is 8.62. The van der Waals surface area contributed by atoms with Crippen LogP contribution >= 0.6 is 0 Å². The van der Waals surface area contributed by atoms with E-state index in [4.69, 9.17) is 9.72 Å². The largest absolute Gasteiger partial charge is 0.495 e. The summed E-state index contributed by atoms with van der Waals surface area (Å²) in [6, 6.07) is 4.98. The minimum Gasteiger partial charge on any atom is -0.495 e. The van der Waals surface area contributed by atoms with Crippen molar-refractivity contribution in [2.24, 2.45) is 5.92 Å². The number of aromatic nitrogens is 2. The normalized spacial score (nSPS) is 15.3. The number of anilines is 4. The van der Waals surface area contributed by atoms with Crippen LogP contribution in [0.15, 0.2) is 24.4 Å². The van der Waals surface area contributed by atoms with Crippen LogP contribution < -0.4 is 25.2 Å². The minimum absolute atomic E-state index is 0.0558. The Bertz CT molecular complexity index is 1090. The molecule has 1 aliphatic heterocycles. The summed E-state index contributed by atoms with van der Waals surface area (Å²) in [4.78, 5) is 40.7. The Morgan fingerprint density at radius 2 is 2.03 bits per heavy atom. The van der Waals surface area contributed by atoms with Crippen molar-refractivity contribution < 1.29 is 14.3 Å². The molecule has 0 saturated carbocycles. The molecule has 37 heavy (non-hydrogen) atoms.